The maximum Gasteiger partial charge on any atom is 0.234 e. The number of carbonyl (C=O) groups excluding carboxylic acids is 2. The molecule has 0 unspecified atom stereocenters. The summed E-state index contributed by atoms with van der Waals surface area (Å²) in [5, 5.41) is 2.92. The number of hydrogen-bond donors (Lipinski definition) is 1. The maximum absolute atomic E-state index is 12.4. The number of thioether (sulfide) groups is 1. The molecular weight excluding hydrogens is 286 g/mol. The lowest BCUT2D eigenvalue weighted by atomic mass is 9.95. The highest BCUT2D eigenvalue weighted by Gasteiger charge is 2.29. The second kappa shape index (κ2) is 8.03. The molecule has 2 rings (SSSR count). The molecule has 0 aromatic heterocycles. The number of amides is 2. The van der Waals surface area contributed by atoms with Gasteiger partial charge in [0.05, 0.1) is 6.54 Å². The number of nitrogens with zero attached hydrogens (tertiary/aromatic N) is 2. The predicted octanol–water partition coefficient (Wildman–Crippen LogP) is 0.798. The topological polar surface area (TPSA) is 52.7 Å². The fourth-order valence-electron chi connectivity index (χ4n) is 2.95. The van der Waals surface area contributed by atoms with Gasteiger partial charge in [-0.25, -0.2) is 0 Å². The minimum atomic E-state index is 0.0860. The van der Waals surface area contributed by atoms with Gasteiger partial charge in [0.2, 0.25) is 11.8 Å². The van der Waals surface area contributed by atoms with Crippen LogP contribution in [0.4, 0.5) is 0 Å². The van der Waals surface area contributed by atoms with Crippen molar-refractivity contribution in [2.75, 3.05) is 44.2 Å². The summed E-state index contributed by atoms with van der Waals surface area (Å²) >= 11 is 1.93. The fraction of sp³-hybridized carbons (Fsp3) is 0.867. The Kier molecular flexibility index (Phi) is 6.36. The summed E-state index contributed by atoms with van der Waals surface area (Å²) in [6.45, 7) is 7.91. The van der Waals surface area contributed by atoms with E-state index in [1.807, 2.05) is 30.5 Å². The molecule has 21 heavy (non-hydrogen) atoms. The van der Waals surface area contributed by atoms with Gasteiger partial charge in [-0.3, -0.25) is 14.5 Å². The summed E-state index contributed by atoms with van der Waals surface area (Å²) in [5.74, 6) is 2.72. The second-order valence-electron chi connectivity index (χ2n) is 6.21. The summed E-state index contributed by atoms with van der Waals surface area (Å²) < 4.78 is 0. The zero-order valence-electron chi connectivity index (χ0n) is 13.1. The van der Waals surface area contributed by atoms with Crippen molar-refractivity contribution in [3.8, 4) is 0 Å². The fourth-order valence-corrected chi connectivity index (χ4v) is 3.85. The van der Waals surface area contributed by atoms with E-state index in [0.717, 1.165) is 50.5 Å². The molecule has 2 saturated heterocycles. The number of nitrogens with one attached hydrogen (secondary N) is 1. The van der Waals surface area contributed by atoms with Crippen LogP contribution in [0.5, 0.6) is 0 Å². The van der Waals surface area contributed by atoms with Gasteiger partial charge in [-0.1, -0.05) is 0 Å². The Bertz CT molecular complexity index is 362. The molecule has 5 nitrogen and oxygen atoms in total. The molecule has 2 amide bonds. The van der Waals surface area contributed by atoms with Crippen molar-refractivity contribution in [3.05, 3.63) is 0 Å². The maximum atomic E-state index is 12.4. The van der Waals surface area contributed by atoms with E-state index in [1.165, 1.54) is 0 Å². The van der Waals surface area contributed by atoms with Crippen molar-refractivity contribution in [1.29, 1.82) is 0 Å². The summed E-state index contributed by atoms with van der Waals surface area (Å²) in [7, 11) is 0. The molecule has 2 heterocycles. The van der Waals surface area contributed by atoms with Gasteiger partial charge in [0.25, 0.3) is 0 Å². The number of carbonyl (C=O) groups is 2. The van der Waals surface area contributed by atoms with Crippen LogP contribution in [0.25, 0.3) is 0 Å². The van der Waals surface area contributed by atoms with Gasteiger partial charge in [-0.2, -0.15) is 11.8 Å². The van der Waals surface area contributed by atoms with E-state index in [4.69, 9.17) is 0 Å². The molecule has 0 aliphatic carbocycles. The summed E-state index contributed by atoms with van der Waals surface area (Å²) in [6.07, 6.45) is 1.77. The Hall–Kier alpha value is -0.750. The third-order valence-electron chi connectivity index (χ3n) is 4.08. The van der Waals surface area contributed by atoms with Crippen molar-refractivity contribution in [2.45, 2.75) is 32.7 Å². The Morgan fingerprint density at radius 1 is 1.14 bits per heavy atom. The normalized spacial score (nSPS) is 21.6. The largest absolute Gasteiger partial charge is 0.353 e. The van der Waals surface area contributed by atoms with Crippen LogP contribution in [-0.4, -0.2) is 71.9 Å². The van der Waals surface area contributed by atoms with E-state index in [0.29, 0.717) is 12.5 Å². The Morgan fingerprint density at radius 3 is 2.33 bits per heavy atom. The average molecular weight is 313 g/mol. The first kappa shape index (κ1) is 16.6. The smallest absolute Gasteiger partial charge is 0.234 e. The van der Waals surface area contributed by atoms with Gasteiger partial charge >= 0.3 is 0 Å². The standard InChI is InChI=1S/C15H27N3O2S/c1-12(2)16-14(19)11-17-5-3-13(4-6-17)15(20)18-7-9-21-10-8-18/h12-13H,3-11H2,1-2H3,(H,16,19). The molecule has 0 aromatic carbocycles. The number of rotatable bonds is 4. The van der Waals surface area contributed by atoms with Crippen molar-refractivity contribution in [3.63, 3.8) is 0 Å². The van der Waals surface area contributed by atoms with Gasteiger partial charge < -0.3 is 10.2 Å². The Balaban J connectivity index is 1.72. The summed E-state index contributed by atoms with van der Waals surface area (Å²) in [4.78, 5) is 28.4. The molecule has 0 bridgehead atoms. The van der Waals surface area contributed by atoms with Gasteiger partial charge in [0, 0.05) is 36.6 Å². The molecule has 2 aliphatic heterocycles. The number of piperidine rings is 1. The first-order valence-corrected chi connectivity index (χ1v) is 9.10. The van der Waals surface area contributed by atoms with Crippen LogP contribution in [0.3, 0.4) is 0 Å². The van der Waals surface area contributed by atoms with E-state index >= 15 is 0 Å². The first-order chi connectivity index (χ1) is 10.1. The third-order valence-corrected chi connectivity index (χ3v) is 5.02. The highest BCUT2D eigenvalue weighted by Crippen LogP contribution is 2.21. The molecule has 120 valence electrons. The lowest BCUT2D eigenvalue weighted by Crippen LogP contribution is -2.47. The van der Waals surface area contributed by atoms with Crippen LogP contribution in [0.2, 0.25) is 0 Å². The Morgan fingerprint density at radius 2 is 1.76 bits per heavy atom. The van der Waals surface area contributed by atoms with Crippen LogP contribution in [0.1, 0.15) is 26.7 Å². The SMILES string of the molecule is CC(C)NC(=O)CN1CCC(C(=O)N2CCSCC2)CC1. The van der Waals surface area contributed by atoms with Crippen molar-refractivity contribution in [1.82, 2.24) is 15.1 Å². The van der Waals surface area contributed by atoms with Crippen molar-refractivity contribution in [2.24, 2.45) is 5.92 Å². The molecule has 2 fully saturated rings. The van der Waals surface area contributed by atoms with Gasteiger partial charge in [-0.05, 0) is 39.8 Å². The minimum Gasteiger partial charge on any atom is -0.353 e. The van der Waals surface area contributed by atoms with Crippen molar-refractivity contribution < 1.29 is 9.59 Å². The van der Waals surface area contributed by atoms with Crippen LogP contribution in [0.15, 0.2) is 0 Å². The summed E-state index contributed by atoms with van der Waals surface area (Å²) in [6, 6.07) is 0.189. The van der Waals surface area contributed by atoms with E-state index < -0.39 is 0 Å². The number of hydrogen-bond acceptors (Lipinski definition) is 4. The zero-order valence-corrected chi connectivity index (χ0v) is 14.0. The van der Waals surface area contributed by atoms with Gasteiger partial charge in [0.1, 0.15) is 0 Å². The predicted molar refractivity (Wildman–Crippen MR) is 86.3 cm³/mol. The van der Waals surface area contributed by atoms with Crippen LogP contribution in [-0.2, 0) is 9.59 Å². The first-order valence-electron chi connectivity index (χ1n) is 7.94. The quantitative estimate of drug-likeness (QED) is 0.834. The van der Waals surface area contributed by atoms with E-state index in [1.54, 1.807) is 0 Å². The average Bonchev–Trinajstić information content (AvgIpc) is 2.47. The molecule has 0 saturated carbocycles. The van der Waals surface area contributed by atoms with Crippen LogP contribution < -0.4 is 5.32 Å². The van der Waals surface area contributed by atoms with Gasteiger partial charge in [0.15, 0.2) is 0 Å². The molecule has 6 heteroatoms. The highest BCUT2D eigenvalue weighted by atomic mass is 32.2. The lowest BCUT2D eigenvalue weighted by Gasteiger charge is -2.35. The monoisotopic (exact) mass is 313 g/mol. The van der Waals surface area contributed by atoms with Crippen molar-refractivity contribution >= 4 is 23.6 Å². The molecule has 2 aliphatic rings. The Labute approximate surface area is 131 Å². The van der Waals surface area contributed by atoms with E-state index in [9.17, 15) is 9.59 Å². The summed E-state index contributed by atoms with van der Waals surface area (Å²) in [5.41, 5.74) is 0. The molecule has 0 aromatic rings. The van der Waals surface area contributed by atoms with E-state index in [-0.39, 0.29) is 17.9 Å². The lowest BCUT2D eigenvalue weighted by molar-refractivity contribution is -0.136. The van der Waals surface area contributed by atoms with Crippen LogP contribution in [0, 0.1) is 5.92 Å². The second-order valence-corrected chi connectivity index (χ2v) is 7.44. The molecular formula is C15H27N3O2S. The highest BCUT2D eigenvalue weighted by molar-refractivity contribution is 7.99. The molecule has 0 spiro atoms. The van der Waals surface area contributed by atoms with E-state index in [2.05, 4.69) is 10.2 Å². The molecule has 0 atom stereocenters. The number of likely N-dealkylation sites (tertiary alicyclic amines) is 1. The molecule has 0 radical (unpaired) electrons. The third kappa shape index (κ3) is 5.18. The molecule has 1 N–H and O–H groups in total. The van der Waals surface area contributed by atoms with Gasteiger partial charge in [-0.15, -0.1) is 0 Å². The zero-order chi connectivity index (χ0) is 15.2. The van der Waals surface area contributed by atoms with Crippen LogP contribution >= 0.6 is 11.8 Å². The minimum absolute atomic E-state index is 0.0860.